The van der Waals surface area contributed by atoms with Crippen LogP contribution in [-0.4, -0.2) is 10.9 Å². The van der Waals surface area contributed by atoms with E-state index in [9.17, 15) is 4.79 Å². The van der Waals surface area contributed by atoms with Gasteiger partial charge in [0.2, 0.25) is 0 Å². The van der Waals surface area contributed by atoms with Crippen LogP contribution in [0.3, 0.4) is 0 Å². The van der Waals surface area contributed by atoms with Gasteiger partial charge in [-0.15, -0.1) is 0 Å². The molecule has 0 bridgehead atoms. The lowest BCUT2D eigenvalue weighted by atomic mass is 10.0. The molecule has 0 radical (unpaired) electrons. The molecule has 0 unspecified atom stereocenters. The molecule has 1 aromatic rings. The average Bonchev–Trinajstić information content (AvgIpc) is 2.53. The van der Waals surface area contributed by atoms with Gasteiger partial charge in [0.15, 0.2) is 6.29 Å². The SMILES string of the molecule is O=Cc1cccn1CC1CCCCCC1. The third-order valence-electron chi connectivity index (χ3n) is 3.42. The monoisotopic (exact) mass is 205 g/mol. The third-order valence-corrected chi connectivity index (χ3v) is 3.42. The molecule has 82 valence electrons. The van der Waals surface area contributed by atoms with E-state index in [1.54, 1.807) is 0 Å². The summed E-state index contributed by atoms with van der Waals surface area (Å²) in [6.07, 6.45) is 11.1. The summed E-state index contributed by atoms with van der Waals surface area (Å²) in [4.78, 5) is 10.8. The molecule has 0 aromatic carbocycles. The van der Waals surface area contributed by atoms with Crippen molar-refractivity contribution in [3.8, 4) is 0 Å². The number of nitrogens with zero attached hydrogens (tertiary/aromatic N) is 1. The van der Waals surface area contributed by atoms with Gasteiger partial charge in [-0.1, -0.05) is 25.7 Å². The highest BCUT2D eigenvalue weighted by atomic mass is 16.1. The number of hydrogen-bond donors (Lipinski definition) is 0. The molecule has 0 spiro atoms. The van der Waals surface area contributed by atoms with Crippen LogP contribution in [0.4, 0.5) is 0 Å². The van der Waals surface area contributed by atoms with Crippen molar-refractivity contribution in [3.05, 3.63) is 24.0 Å². The van der Waals surface area contributed by atoms with E-state index in [2.05, 4.69) is 4.57 Å². The third kappa shape index (κ3) is 2.71. The van der Waals surface area contributed by atoms with Gasteiger partial charge in [0.1, 0.15) is 0 Å². The number of rotatable bonds is 3. The topological polar surface area (TPSA) is 22.0 Å². The van der Waals surface area contributed by atoms with Crippen molar-refractivity contribution >= 4 is 6.29 Å². The maximum absolute atomic E-state index is 10.8. The molecule has 0 saturated heterocycles. The zero-order valence-electron chi connectivity index (χ0n) is 9.19. The second kappa shape index (κ2) is 5.15. The van der Waals surface area contributed by atoms with Crippen LogP contribution in [0.25, 0.3) is 0 Å². The van der Waals surface area contributed by atoms with Gasteiger partial charge in [-0.2, -0.15) is 0 Å². The van der Waals surface area contributed by atoms with Crippen molar-refractivity contribution in [2.24, 2.45) is 5.92 Å². The van der Waals surface area contributed by atoms with Crippen LogP contribution in [0.2, 0.25) is 0 Å². The second-order valence-electron chi connectivity index (χ2n) is 4.56. The minimum absolute atomic E-state index is 0.776. The highest BCUT2D eigenvalue weighted by Crippen LogP contribution is 2.24. The van der Waals surface area contributed by atoms with Gasteiger partial charge in [0.25, 0.3) is 0 Å². The van der Waals surface area contributed by atoms with E-state index in [-0.39, 0.29) is 0 Å². The van der Waals surface area contributed by atoms with Crippen LogP contribution in [0, 0.1) is 5.92 Å². The molecule has 1 aromatic heterocycles. The summed E-state index contributed by atoms with van der Waals surface area (Å²) >= 11 is 0. The Morgan fingerprint density at radius 1 is 1.27 bits per heavy atom. The minimum Gasteiger partial charge on any atom is -0.345 e. The molecular weight excluding hydrogens is 186 g/mol. The van der Waals surface area contributed by atoms with Gasteiger partial charge in [-0.25, -0.2) is 0 Å². The van der Waals surface area contributed by atoms with Crippen molar-refractivity contribution in [1.29, 1.82) is 0 Å². The Bertz CT molecular complexity index is 308. The fourth-order valence-electron chi connectivity index (χ4n) is 2.53. The van der Waals surface area contributed by atoms with E-state index < -0.39 is 0 Å². The first-order valence-electron chi connectivity index (χ1n) is 6.00. The first-order valence-corrected chi connectivity index (χ1v) is 6.00. The van der Waals surface area contributed by atoms with Gasteiger partial charge in [0.05, 0.1) is 5.69 Å². The number of aldehydes is 1. The zero-order chi connectivity index (χ0) is 10.5. The summed E-state index contributed by atoms with van der Waals surface area (Å²) in [5.41, 5.74) is 0.819. The van der Waals surface area contributed by atoms with Gasteiger partial charge in [0, 0.05) is 12.7 Å². The molecule has 0 amide bonds. The Balaban J connectivity index is 1.97. The molecule has 0 N–H and O–H groups in total. The Kier molecular flexibility index (Phi) is 3.59. The lowest BCUT2D eigenvalue weighted by Gasteiger charge is -2.15. The molecule has 0 aliphatic heterocycles. The first-order chi connectivity index (χ1) is 7.40. The fraction of sp³-hybridized carbons (Fsp3) is 0.615. The predicted molar refractivity (Wildman–Crippen MR) is 61.0 cm³/mol. The van der Waals surface area contributed by atoms with Crippen LogP contribution in [0.1, 0.15) is 49.0 Å². The number of carbonyl (C=O) groups is 1. The number of hydrogen-bond acceptors (Lipinski definition) is 1. The molecule has 2 heteroatoms. The van der Waals surface area contributed by atoms with E-state index in [1.807, 2.05) is 18.3 Å². The van der Waals surface area contributed by atoms with Crippen LogP contribution in [0.5, 0.6) is 0 Å². The molecular formula is C13H19NO. The molecule has 0 atom stereocenters. The van der Waals surface area contributed by atoms with Crippen molar-refractivity contribution < 1.29 is 4.79 Å². The largest absolute Gasteiger partial charge is 0.345 e. The lowest BCUT2D eigenvalue weighted by molar-refractivity contribution is 0.111. The van der Waals surface area contributed by atoms with Crippen LogP contribution in [0.15, 0.2) is 18.3 Å². The van der Waals surface area contributed by atoms with Crippen molar-refractivity contribution in [2.45, 2.75) is 45.1 Å². The van der Waals surface area contributed by atoms with Crippen molar-refractivity contribution in [2.75, 3.05) is 0 Å². The molecule has 1 aliphatic carbocycles. The zero-order valence-corrected chi connectivity index (χ0v) is 9.19. The summed E-state index contributed by atoms with van der Waals surface area (Å²) in [5.74, 6) is 0.776. The van der Waals surface area contributed by atoms with Crippen molar-refractivity contribution in [1.82, 2.24) is 4.57 Å². The standard InChI is InChI=1S/C13H19NO/c15-11-13-8-5-9-14(13)10-12-6-3-1-2-4-7-12/h5,8-9,11-12H,1-4,6-7,10H2. The Labute approximate surface area is 91.3 Å². The summed E-state index contributed by atoms with van der Waals surface area (Å²) in [5, 5.41) is 0. The molecule has 1 aliphatic rings. The lowest BCUT2D eigenvalue weighted by Crippen LogP contribution is -2.11. The maximum atomic E-state index is 10.8. The minimum atomic E-state index is 0.776. The van der Waals surface area contributed by atoms with Gasteiger partial charge in [-0.05, 0) is 30.9 Å². The molecule has 1 saturated carbocycles. The number of aromatic nitrogens is 1. The Hall–Kier alpha value is -1.05. The highest BCUT2D eigenvalue weighted by molar-refractivity contribution is 5.72. The van der Waals surface area contributed by atoms with E-state index >= 15 is 0 Å². The normalized spacial score (nSPS) is 18.7. The Morgan fingerprint density at radius 3 is 2.67 bits per heavy atom. The van der Waals surface area contributed by atoms with Gasteiger partial charge >= 0.3 is 0 Å². The fourth-order valence-corrected chi connectivity index (χ4v) is 2.53. The van der Waals surface area contributed by atoms with E-state index in [0.29, 0.717) is 0 Å². The smallest absolute Gasteiger partial charge is 0.166 e. The van der Waals surface area contributed by atoms with E-state index in [0.717, 1.165) is 24.4 Å². The average molecular weight is 205 g/mol. The Morgan fingerprint density at radius 2 is 2.00 bits per heavy atom. The van der Waals surface area contributed by atoms with Crippen molar-refractivity contribution in [3.63, 3.8) is 0 Å². The second-order valence-corrected chi connectivity index (χ2v) is 4.56. The molecule has 2 nitrogen and oxygen atoms in total. The summed E-state index contributed by atoms with van der Waals surface area (Å²) in [7, 11) is 0. The van der Waals surface area contributed by atoms with E-state index in [1.165, 1.54) is 38.5 Å². The summed E-state index contributed by atoms with van der Waals surface area (Å²) < 4.78 is 2.10. The van der Waals surface area contributed by atoms with Gasteiger partial charge < -0.3 is 4.57 Å². The van der Waals surface area contributed by atoms with Crippen LogP contribution in [-0.2, 0) is 6.54 Å². The highest BCUT2D eigenvalue weighted by Gasteiger charge is 2.13. The molecule has 1 heterocycles. The van der Waals surface area contributed by atoms with E-state index in [4.69, 9.17) is 0 Å². The first kappa shape index (κ1) is 10.5. The maximum Gasteiger partial charge on any atom is 0.166 e. The molecule has 2 rings (SSSR count). The summed E-state index contributed by atoms with van der Waals surface area (Å²) in [6, 6.07) is 3.85. The number of carbonyl (C=O) groups excluding carboxylic acids is 1. The quantitative estimate of drug-likeness (QED) is 0.548. The molecule has 1 fully saturated rings. The van der Waals surface area contributed by atoms with Crippen LogP contribution < -0.4 is 0 Å². The van der Waals surface area contributed by atoms with Crippen LogP contribution >= 0.6 is 0 Å². The predicted octanol–water partition coefficient (Wildman–Crippen LogP) is 3.27. The summed E-state index contributed by atoms with van der Waals surface area (Å²) in [6.45, 7) is 1.03. The molecule has 15 heavy (non-hydrogen) atoms. The van der Waals surface area contributed by atoms with Gasteiger partial charge in [-0.3, -0.25) is 4.79 Å².